The van der Waals surface area contributed by atoms with Crippen LogP contribution in [-0.4, -0.2) is 26.0 Å². The van der Waals surface area contributed by atoms with Gasteiger partial charge in [0, 0.05) is 18.8 Å². The number of aromatic nitrogens is 1. The molecule has 2 rings (SSSR count). The van der Waals surface area contributed by atoms with Gasteiger partial charge in [0.25, 0.3) is 10.0 Å². The van der Waals surface area contributed by atoms with Crippen LogP contribution in [0.1, 0.15) is 19.8 Å². The van der Waals surface area contributed by atoms with E-state index in [1.807, 2.05) is 6.92 Å². The van der Waals surface area contributed by atoms with Gasteiger partial charge in [-0.1, -0.05) is 0 Å². The molecule has 0 aromatic carbocycles. The van der Waals surface area contributed by atoms with Crippen LogP contribution in [0.15, 0.2) is 23.4 Å². The Hall–Kier alpha value is -1.14. The molecule has 1 aromatic rings. The summed E-state index contributed by atoms with van der Waals surface area (Å²) < 4.78 is 26.5. The zero-order valence-corrected chi connectivity index (χ0v) is 9.92. The molecule has 1 aliphatic rings. The fraction of sp³-hybridized carbons (Fsp3) is 0.500. The lowest BCUT2D eigenvalue weighted by atomic mass is 10.4. The van der Waals surface area contributed by atoms with Crippen molar-refractivity contribution in [2.45, 2.75) is 30.8 Å². The number of rotatable bonds is 5. The molecule has 1 aromatic heterocycles. The van der Waals surface area contributed by atoms with E-state index in [9.17, 15) is 8.42 Å². The maximum absolute atomic E-state index is 12.0. The highest BCUT2D eigenvalue weighted by atomic mass is 32.2. The van der Waals surface area contributed by atoms with Crippen molar-refractivity contribution in [2.75, 3.05) is 11.9 Å². The summed E-state index contributed by atoms with van der Waals surface area (Å²) in [5.74, 6) is 0. The molecule has 1 heterocycles. The monoisotopic (exact) mass is 241 g/mol. The Kier molecular flexibility index (Phi) is 3.11. The molecule has 0 atom stereocenters. The number of hydrogen-bond donors (Lipinski definition) is 2. The van der Waals surface area contributed by atoms with Crippen molar-refractivity contribution in [2.24, 2.45) is 0 Å². The SMILES string of the molecule is CCNc1cccnc1S(=O)(=O)NC1CC1. The zero-order valence-electron chi connectivity index (χ0n) is 9.10. The van der Waals surface area contributed by atoms with Crippen molar-refractivity contribution in [1.82, 2.24) is 9.71 Å². The first kappa shape index (κ1) is 11.3. The second-order valence-corrected chi connectivity index (χ2v) is 5.41. The average molecular weight is 241 g/mol. The number of anilines is 1. The number of pyridine rings is 1. The molecule has 0 radical (unpaired) electrons. The van der Waals surface area contributed by atoms with E-state index in [0.717, 1.165) is 12.8 Å². The molecular weight excluding hydrogens is 226 g/mol. The maximum atomic E-state index is 12.0. The second-order valence-electron chi connectivity index (χ2n) is 3.78. The van der Waals surface area contributed by atoms with Gasteiger partial charge in [0.2, 0.25) is 0 Å². The van der Waals surface area contributed by atoms with Crippen molar-refractivity contribution in [3.8, 4) is 0 Å². The van der Waals surface area contributed by atoms with E-state index in [4.69, 9.17) is 0 Å². The van der Waals surface area contributed by atoms with Gasteiger partial charge < -0.3 is 5.32 Å². The minimum Gasteiger partial charge on any atom is -0.383 e. The minimum atomic E-state index is -3.47. The van der Waals surface area contributed by atoms with Crippen LogP contribution in [0.5, 0.6) is 0 Å². The zero-order chi connectivity index (χ0) is 11.6. The molecule has 1 aliphatic carbocycles. The van der Waals surface area contributed by atoms with Crippen LogP contribution in [0.25, 0.3) is 0 Å². The number of sulfonamides is 1. The van der Waals surface area contributed by atoms with Crippen LogP contribution in [-0.2, 0) is 10.0 Å². The molecular formula is C10H15N3O2S. The Morgan fingerprint density at radius 3 is 2.88 bits per heavy atom. The molecule has 0 amide bonds. The summed E-state index contributed by atoms with van der Waals surface area (Å²) in [5, 5.41) is 3.08. The quantitative estimate of drug-likeness (QED) is 0.805. The number of hydrogen-bond acceptors (Lipinski definition) is 4. The molecule has 16 heavy (non-hydrogen) atoms. The van der Waals surface area contributed by atoms with Crippen LogP contribution in [0.2, 0.25) is 0 Å². The van der Waals surface area contributed by atoms with E-state index in [2.05, 4.69) is 15.0 Å². The average Bonchev–Trinajstić information content (AvgIpc) is 3.02. The summed E-state index contributed by atoms with van der Waals surface area (Å²) in [6, 6.07) is 3.54. The Labute approximate surface area is 95.3 Å². The van der Waals surface area contributed by atoms with Crippen molar-refractivity contribution in [3.63, 3.8) is 0 Å². The lowest BCUT2D eigenvalue weighted by Crippen LogP contribution is -2.27. The molecule has 0 unspecified atom stereocenters. The van der Waals surface area contributed by atoms with Gasteiger partial charge in [0.05, 0.1) is 5.69 Å². The summed E-state index contributed by atoms with van der Waals surface area (Å²) in [4.78, 5) is 3.94. The molecule has 5 nitrogen and oxygen atoms in total. The van der Waals surface area contributed by atoms with Gasteiger partial charge in [0.15, 0.2) is 5.03 Å². The smallest absolute Gasteiger partial charge is 0.260 e. The summed E-state index contributed by atoms with van der Waals surface area (Å²) in [6.07, 6.45) is 3.33. The Bertz CT molecular complexity index is 469. The lowest BCUT2D eigenvalue weighted by molar-refractivity contribution is 0.577. The first-order valence-corrected chi connectivity index (χ1v) is 6.83. The van der Waals surface area contributed by atoms with Crippen molar-refractivity contribution < 1.29 is 8.42 Å². The maximum Gasteiger partial charge on any atom is 0.260 e. The number of nitrogens with one attached hydrogen (secondary N) is 2. The predicted molar refractivity (Wildman–Crippen MR) is 61.7 cm³/mol. The van der Waals surface area contributed by atoms with Crippen LogP contribution in [0.3, 0.4) is 0 Å². The van der Waals surface area contributed by atoms with Crippen LogP contribution in [0.4, 0.5) is 5.69 Å². The summed E-state index contributed by atoms with van der Waals surface area (Å²) in [7, 11) is -3.47. The topological polar surface area (TPSA) is 71.1 Å². The largest absolute Gasteiger partial charge is 0.383 e. The molecule has 88 valence electrons. The normalized spacial score (nSPS) is 16.1. The van der Waals surface area contributed by atoms with Crippen molar-refractivity contribution >= 4 is 15.7 Å². The molecule has 0 bridgehead atoms. The van der Waals surface area contributed by atoms with E-state index in [1.54, 1.807) is 12.1 Å². The highest BCUT2D eigenvalue weighted by Crippen LogP contribution is 2.24. The molecule has 0 spiro atoms. The van der Waals surface area contributed by atoms with Gasteiger partial charge in [-0.25, -0.2) is 18.1 Å². The first-order chi connectivity index (χ1) is 7.63. The van der Waals surface area contributed by atoms with Gasteiger partial charge in [-0.3, -0.25) is 0 Å². The summed E-state index contributed by atoms with van der Waals surface area (Å²) in [5.41, 5.74) is 0.554. The van der Waals surface area contributed by atoms with Gasteiger partial charge in [-0.05, 0) is 31.9 Å². The van der Waals surface area contributed by atoms with E-state index < -0.39 is 10.0 Å². The van der Waals surface area contributed by atoms with Gasteiger partial charge in [0.1, 0.15) is 0 Å². The van der Waals surface area contributed by atoms with E-state index in [-0.39, 0.29) is 11.1 Å². The number of nitrogens with zero attached hydrogens (tertiary/aromatic N) is 1. The third kappa shape index (κ3) is 2.51. The molecule has 0 aliphatic heterocycles. The first-order valence-electron chi connectivity index (χ1n) is 5.34. The van der Waals surface area contributed by atoms with Crippen molar-refractivity contribution in [1.29, 1.82) is 0 Å². The third-order valence-corrected chi connectivity index (χ3v) is 3.77. The van der Waals surface area contributed by atoms with Crippen LogP contribution < -0.4 is 10.0 Å². The molecule has 1 saturated carbocycles. The fourth-order valence-electron chi connectivity index (χ4n) is 1.41. The molecule has 6 heteroatoms. The van der Waals surface area contributed by atoms with Gasteiger partial charge in [-0.15, -0.1) is 0 Å². The summed E-state index contributed by atoms with van der Waals surface area (Å²) in [6.45, 7) is 2.58. The van der Waals surface area contributed by atoms with E-state index >= 15 is 0 Å². The second kappa shape index (κ2) is 4.39. The minimum absolute atomic E-state index is 0.0868. The Morgan fingerprint density at radius 1 is 1.50 bits per heavy atom. The predicted octanol–water partition coefficient (Wildman–Crippen LogP) is 0.954. The summed E-state index contributed by atoms with van der Waals surface area (Å²) >= 11 is 0. The fourth-order valence-corrected chi connectivity index (χ4v) is 2.82. The van der Waals surface area contributed by atoms with Crippen LogP contribution in [0, 0.1) is 0 Å². The highest BCUT2D eigenvalue weighted by Gasteiger charge is 2.30. The van der Waals surface area contributed by atoms with E-state index in [1.165, 1.54) is 6.20 Å². The lowest BCUT2D eigenvalue weighted by Gasteiger charge is -2.10. The van der Waals surface area contributed by atoms with E-state index in [0.29, 0.717) is 12.2 Å². The van der Waals surface area contributed by atoms with Gasteiger partial charge >= 0.3 is 0 Å². The van der Waals surface area contributed by atoms with Gasteiger partial charge in [-0.2, -0.15) is 0 Å². The standard InChI is InChI=1S/C10H15N3O2S/c1-2-11-9-4-3-7-12-10(9)16(14,15)13-8-5-6-8/h3-4,7-8,11,13H,2,5-6H2,1H3. The van der Waals surface area contributed by atoms with Crippen LogP contribution >= 0.6 is 0 Å². The van der Waals surface area contributed by atoms with Crippen molar-refractivity contribution in [3.05, 3.63) is 18.3 Å². The molecule has 0 saturated heterocycles. The third-order valence-electron chi connectivity index (χ3n) is 2.29. The molecule has 1 fully saturated rings. The Morgan fingerprint density at radius 2 is 2.25 bits per heavy atom. The Balaban J connectivity index is 2.30. The molecule has 2 N–H and O–H groups in total. The highest BCUT2D eigenvalue weighted by molar-refractivity contribution is 7.89.